The number of amides is 1. The van der Waals surface area contributed by atoms with Gasteiger partial charge in [0.25, 0.3) is 5.22 Å². The van der Waals surface area contributed by atoms with Crippen LogP contribution in [0.1, 0.15) is 64.1 Å². The van der Waals surface area contributed by atoms with E-state index in [9.17, 15) is 4.79 Å². The zero-order chi connectivity index (χ0) is 20.0. The maximum Gasteiger partial charge on any atom is 0.408 e. The lowest BCUT2D eigenvalue weighted by Gasteiger charge is -2.22. The molecule has 2 aromatic rings. The number of aryl methyl sites for hydroxylation is 1. The van der Waals surface area contributed by atoms with Gasteiger partial charge in [0.05, 0.1) is 0 Å². The number of hydrogen-bond donors (Lipinski definition) is 1. The van der Waals surface area contributed by atoms with Crippen LogP contribution in [0.15, 0.2) is 33.9 Å². The van der Waals surface area contributed by atoms with Crippen LogP contribution in [-0.4, -0.2) is 21.9 Å². The maximum atomic E-state index is 12.1. The predicted octanol–water partition coefficient (Wildman–Crippen LogP) is 5.28. The molecule has 6 nitrogen and oxygen atoms in total. The number of carbonyl (C=O) groups excluding carboxylic acids is 1. The minimum absolute atomic E-state index is 0.347. The van der Waals surface area contributed by atoms with Gasteiger partial charge in [-0.25, -0.2) is 4.79 Å². The standard InChI is InChI=1S/C20H29N3O3S/c1-13(2)10-16(21-18(24)26-20(4,5)6)17-22-23-19(25-17)27-12-15-9-7-8-14(3)11-15/h7-9,11,13,16H,10,12H2,1-6H3,(H,21,24). The van der Waals surface area contributed by atoms with Crippen LogP contribution in [0.2, 0.25) is 0 Å². The molecule has 0 saturated heterocycles. The molecule has 7 heteroatoms. The van der Waals surface area contributed by atoms with Crippen molar-refractivity contribution in [1.82, 2.24) is 15.5 Å². The third kappa shape index (κ3) is 7.62. The summed E-state index contributed by atoms with van der Waals surface area (Å²) in [7, 11) is 0. The molecule has 1 atom stereocenters. The highest BCUT2D eigenvalue weighted by atomic mass is 32.2. The van der Waals surface area contributed by atoms with Crippen LogP contribution in [0.3, 0.4) is 0 Å². The molecule has 1 heterocycles. The van der Waals surface area contributed by atoms with Gasteiger partial charge in [-0.1, -0.05) is 55.4 Å². The number of nitrogens with one attached hydrogen (secondary N) is 1. The van der Waals surface area contributed by atoms with E-state index in [1.807, 2.05) is 26.8 Å². The van der Waals surface area contributed by atoms with Crippen molar-refractivity contribution in [2.45, 2.75) is 70.6 Å². The fraction of sp³-hybridized carbons (Fsp3) is 0.550. The van der Waals surface area contributed by atoms with E-state index in [2.05, 4.69) is 54.5 Å². The van der Waals surface area contributed by atoms with Crippen molar-refractivity contribution in [2.75, 3.05) is 0 Å². The third-order valence-electron chi connectivity index (χ3n) is 3.56. The van der Waals surface area contributed by atoms with Crippen molar-refractivity contribution >= 4 is 17.9 Å². The summed E-state index contributed by atoms with van der Waals surface area (Å²) in [5.74, 6) is 1.50. The van der Waals surface area contributed by atoms with Crippen molar-refractivity contribution in [2.24, 2.45) is 5.92 Å². The predicted molar refractivity (Wildman–Crippen MR) is 107 cm³/mol. The van der Waals surface area contributed by atoms with Gasteiger partial charge >= 0.3 is 6.09 Å². The Kier molecular flexibility index (Phi) is 7.30. The van der Waals surface area contributed by atoms with Crippen LogP contribution < -0.4 is 5.32 Å². The van der Waals surface area contributed by atoms with Gasteiger partial charge in [0, 0.05) is 5.75 Å². The quantitative estimate of drug-likeness (QED) is 0.647. The van der Waals surface area contributed by atoms with Crippen LogP contribution in [0.5, 0.6) is 0 Å². The molecule has 1 unspecified atom stereocenters. The highest BCUT2D eigenvalue weighted by molar-refractivity contribution is 7.98. The smallest absolute Gasteiger partial charge is 0.408 e. The first kappa shape index (κ1) is 21.3. The third-order valence-corrected chi connectivity index (χ3v) is 4.45. The largest absolute Gasteiger partial charge is 0.444 e. The second kappa shape index (κ2) is 9.26. The van der Waals surface area contributed by atoms with E-state index >= 15 is 0 Å². The van der Waals surface area contributed by atoms with Gasteiger partial charge in [-0.05, 0) is 45.6 Å². The summed E-state index contributed by atoms with van der Waals surface area (Å²) < 4.78 is 11.1. The van der Waals surface area contributed by atoms with E-state index in [1.54, 1.807) is 0 Å². The average molecular weight is 392 g/mol. The van der Waals surface area contributed by atoms with Gasteiger partial charge < -0.3 is 14.5 Å². The van der Waals surface area contributed by atoms with Gasteiger partial charge in [0.2, 0.25) is 5.89 Å². The highest BCUT2D eigenvalue weighted by Gasteiger charge is 2.25. The lowest BCUT2D eigenvalue weighted by Crippen LogP contribution is -2.35. The molecule has 148 valence electrons. The Morgan fingerprint density at radius 3 is 2.67 bits per heavy atom. The Bertz CT molecular complexity index is 753. The second-order valence-corrected chi connectivity index (χ2v) is 8.94. The summed E-state index contributed by atoms with van der Waals surface area (Å²) in [5, 5.41) is 11.6. The molecular weight excluding hydrogens is 362 g/mol. The maximum absolute atomic E-state index is 12.1. The Hall–Kier alpha value is -2.02. The number of hydrogen-bond acceptors (Lipinski definition) is 6. The van der Waals surface area contributed by atoms with Crippen molar-refractivity contribution in [3.63, 3.8) is 0 Å². The number of alkyl carbamates (subject to hydrolysis) is 1. The average Bonchev–Trinajstić information content (AvgIpc) is 2.99. The monoisotopic (exact) mass is 391 g/mol. The number of aromatic nitrogens is 2. The van der Waals surface area contributed by atoms with E-state index in [-0.39, 0.29) is 6.04 Å². The molecule has 1 amide bonds. The van der Waals surface area contributed by atoms with Crippen molar-refractivity contribution in [1.29, 1.82) is 0 Å². The molecule has 1 aromatic carbocycles. The number of ether oxygens (including phenoxy) is 1. The zero-order valence-corrected chi connectivity index (χ0v) is 17.7. The normalized spacial score (nSPS) is 12.9. The summed E-state index contributed by atoms with van der Waals surface area (Å²) in [6.07, 6.45) is 0.198. The summed E-state index contributed by atoms with van der Waals surface area (Å²) >= 11 is 1.48. The summed E-state index contributed by atoms with van der Waals surface area (Å²) in [6.45, 7) is 11.7. The van der Waals surface area contributed by atoms with Crippen molar-refractivity contribution in [3.05, 3.63) is 41.3 Å². The molecule has 0 aliphatic rings. The van der Waals surface area contributed by atoms with E-state index in [1.165, 1.54) is 22.9 Å². The fourth-order valence-corrected chi connectivity index (χ4v) is 3.22. The number of thioether (sulfide) groups is 1. The lowest BCUT2D eigenvalue weighted by atomic mass is 10.0. The first-order valence-corrected chi connectivity index (χ1v) is 10.1. The lowest BCUT2D eigenvalue weighted by molar-refractivity contribution is 0.0487. The minimum Gasteiger partial charge on any atom is -0.444 e. The van der Waals surface area contributed by atoms with Gasteiger partial charge in [-0.3, -0.25) is 0 Å². The molecule has 0 spiro atoms. The van der Waals surface area contributed by atoms with Crippen LogP contribution in [0, 0.1) is 12.8 Å². The van der Waals surface area contributed by atoms with Gasteiger partial charge in [0.1, 0.15) is 11.6 Å². The molecule has 2 rings (SSSR count). The van der Waals surface area contributed by atoms with Crippen LogP contribution in [0.25, 0.3) is 0 Å². The number of rotatable bonds is 7. The van der Waals surface area contributed by atoms with Gasteiger partial charge in [-0.15, -0.1) is 10.2 Å². The number of carbonyl (C=O) groups is 1. The number of benzene rings is 1. The topological polar surface area (TPSA) is 77.2 Å². The molecule has 0 aliphatic carbocycles. The van der Waals surface area contributed by atoms with E-state index in [0.29, 0.717) is 23.5 Å². The van der Waals surface area contributed by atoms with Gasteiger partial charge in [0.15, 0.2) is 0 Å². The molecule has 0 saturated carbocycles. The van der Waals surface area contributed by atoms with E-state index < -0.39 is 11.7 Å². The Labute approximate surface area is 165 Å². The molecule has 27 heavy (non-hydrogen) atoms. The molecule has 1 N–H and O–H groups in total. The molecule has 1 aromatic heterocycles. The molecule has 0 aliphatic heterocycles. The first-order chi connectivity index (χ1) is 12.6. The number of nitrogens with zero attached hydrogens (tertiary/aromatic N) is 2. The van der Waals surface area contributed by atoms with Crippen LogP contribution in [-0.2, 0) is 10.5 Å². The van der Waals surface area contributed by atoms with Crippen LogP contribution >= 0.6 is 11.8 Å². The van der Waals surface area contributed by atoms with E-state index in [4.69, 9.17) is 9.15 Å². The Morgan fingerprint density at radius 2 is 2.04 bits per heavy atom. The van der Waals surface area contributed by atoms with Crippen LogP contribution in [0.4, 0.5) is 4.79 Å². The molecule has 0 bridgehead atoms. The van der Waals surface area contributed by atoms with E-state index in [0.717, 1.165) is 5.75 Å². The SMILES string of the molecule is Cc1cccc(CSc2nnc(C(CC(C)C)NC(=O)OC(C)(C)C)o2)c1. The van der Waals surface area contributed by atoms with Crippen molar-refractivity contribution in [3.8, 4) is 0 Å². The highest BCUT2D eigenvalue weighted by Crippen LogP contribution is 2.26. The molecule has 0 fully saturated rings. The minimum atomic E-state index is -0.559. The summed E-state index contributed by atoms with van der Waals surface area (Å²) in [4.78, 5) is 12.1. The first-order valence-electron chi connectivity index (χ1n) is 9.13. The summed E-state index contributed by atoms with van der Waals surface area (Å²) in [5.41, 5.74) is 1.86. The summed E-state index contributed by atoms with van der Waals surface area (Å²) in [6, 6.07) is 7.94. The fourth-order valence-electron chi connectivity index (χ4n) is 2.51. The molecule has 0 radical (unpaired) electrons. The van der Waals surface area contributed by atoms with Gasteiger partial charge in [-0.2, -0.15) is 0 Å². The zero-order valence-electron chi connectivity index (χ0n) is 16.9. The Balaban J connectivity index is 2.02. The van der Waals surface area contributed by atoms with Crippen molar-refractivity contribution < 1.29 is 13.9 Å². The Morgan fingerprint density at radius 1 is 1.30 bits per heavy atom. The molecular formula is C20H29N3O3S. The second-order valence-electron chi connectivity index (χ2n) is 8.01.